The van der Waals surface area contributed by atoms with Crippen LogP contribution in [0.2, 0.25) is 0 Å². The first-order valence-electron chi connectivity index (χ1n) is 16.8. The summed E-state index contributed by atoms with van der Waals surface area (Å²) in [6.45, 7) is 1.01. The van der Waals surface area contributed by atoms with Gasteiger partial charge < -0.3 is 31.9 Å². The molecule has 12 heteroatoms. The third-order valence-corrected chi connectivity index (χ3v) is 8.03. The fourth-order valence-electron chi connectivity index (χ4n) is 4.95. The Morgan fingerprint density at radius 1 is 0.568 bits per heavy atom. The SMILES string of the molecule is NC(=O)C(CS)NC(=O)C(CCC(=O)O)NCCCCNC(=O)CCCCCCCCCCCCCCCCCCC(=O)O. The van der Waals surface area contributed by atoms with Crippen LogP contribution in [-0.4, -0.2) is 70.8 Å². The Balaban J connectivity index is 3.66. The topological polar surface area (TPSA) is 188 Å². The van der Waals surface area contributed by atoms with Gasteiger partial charge in [0.05, 0.1) is 6.04 Å². The Morgan fingerprint density at radius 3 is 1.43 bits per heavy atom. The van der Waals surface area contributed by atoms with Gasteiger partial charge in [-0.05, 0) is 38.6 Å². The molecule has 11 nitrogen and oxygen atoms in total. The zero-order valence-corrected chi connectivity index (χ0v) is 27.7. The van der Waals surface area contributed by atoms with Gasteiger partial charge in [0.2, 0.25) is 17.7 Å². The van der Waals surface area contributed by atoms with Crippen LogP contribution >= 0.6 is 12.6 Å². The number of hydrogen-bond donors (Lipinski definition) is 7. The van der Waals surface area contributed by atoms with Crippen LogP contribution in [0.15, 0.2) is 0 Å². The molecule has 7 N–H and O–H groups in total. The van der Waals surface area contributed by atoms with Gasteiger partial charge in [0.1, 0.15) is 6.04 Å². The van der Waals surface area contributed by atoms with E-state index in [-0.39, 0.29) is 24.5 Å². The highest BCUT2D eigenvalue weighted by atomic mass is 32.1. The van der Waals surface area contributed by atoms with E-state index in [0.29, 0.717) is 32.4 Å². The quantitative estimate of drug-likeness (QED) is 0.0405. The van der Waals surface area contributed by atoms with E-state index in [1.807, 2.05) is 0 Å². The molecule has 0 spiro atoms. The number of carbonyl (C=O) groups excluding carboxylic acids is 3. The molecule has 0 aliphatic carbocycles. The third kappa shape index (κ3) is 27.2. The minimum atomic E-state index is -1.01. The van der Waals surface area contributed by atoms with Crippen LogP contribution < -0.4 is 21.7 Å². The number of primary amides is 1. The van der Waals surface area contributed by atoms with E-state index in [0.717, 1.165) is 44.9 Å². The van der Waals surface area contributed by atoms with Crippen molar-refractivity contribution in [1.82, 2.24) is 16.0 Å². The van der Waals surface area contributed by atoms with E-state index in [4.69, 9.17) is 15.9 Å². The lowest BCUT2D eigenvalue weighted by Crippen LogP contribution is -2.52. The number of carbonyl (C=O) groups is 5. The molecule has 2 unspecified atom stereocenters. The molecule has 0 radical (unpaired) electrons. The van der Waals surface area contributed by atoms with Gasteiger partial charge in [-0.15, -0.1) is 0 Å². The van der Waals surface area contributed by atoms with Crippen LogP contribution in [0.1, 0.15) is 141 Å². The number of nitrogens with two attached hydrogens (primary N) is 1. The number of hydrogen-bond acceptors (Lipinski definition) is 7. The number of thiol groups is 1. The van der Waals surface area contributed by atoms with Crippen LogP contribution in [-0.2, 0) is 24.0 Å². The average molecular weight is 645 g/mol. The predicted molar refractivity (Wildman–Crippen MR) is 177 cm³/mol. The summed E-state index contributed by atoms with van der Waals surface area (Å²) in [5, 5.41) is 26.1. The molecule has 256 valence electrons. The monoisotopic (exact) mass is 644 g/mol. The second-order valence-corrected chi connectivity index (χ2v) is 12.1. The molecule has 0 aromatic heterocycles. The fourth-order valence-corrected chi connectivity index (χ4v) is 5.22. The van der Waals surface area contributed by atoms with Crippen LogP contribution in [0.4, 0.5) is 0 Å². The molecule has 0 heterocycles. The van der Waals surface area contributed by atoms with Gasteiger partial charge in [0.15, 0.2) is 0 Å². The summed E-state index contributed by atoms with van der Waals surface area (Å²) in [5.74, 6) is -2.78. The number of carboxylic acids is 2. The van der Waals surface area contributed by atoms with E-state index in [1.54, 1.807) is 0 Å². The van der Waals surface area contributed by atoms with Crippen LogP contribution in [0.3, 0.4) is 0 Å². The normalized spacial score (nSPS) is 12.4. The second kappa shape index (κ2) is 29.4. The molecule has 0 bridgehead atoms. The maximum absolute atomic E-state index is 12.5. The Kier molecular flexibility index (Phi) is 27.8. The van der Waals surface area contributed by atoms with Crippen molar-refractivity contribution in [2.45, 2.75) is 153 Å². The summed E-state index contributed by atoms with van der Waals surface area (Å²) in [5.41, 5.74) is 5.24. The van der Waals surface area contributed by atoms with Crippen molar-refractivity contribution in [3.05, 3.63) is 0 Å². The number of nitrogens with one attached hydrogen (secondary N) is 3. The van der Waals surface area contributed by atoms with E-state index in [9.17, 15) is 24.0 Å². The average Bonchev–Trinajstić information content (AvgIpc) is 2.97. The minimum absolute atomic E-state index is 0.0520. The molecule has 0 fully saturated rings. The summed E-state index contributed by atoms with van der Waals surface area (Å²) < 4.78 is 0. The summed E-state index contributed by atoms with van der Waals surface area (Å²) in [6.07, 6.45) is 21.0. The maximum Gasteiger partial charge on any atom is 0.303 e. The van der Waals surface area contributed by atoms with Crippen molar-refractivity contribution in [1.29, 1.82) is 0 Å². The van der Waals surface area contributed by atoms with Gasteiger partial charge in [-0.3, -0.25) is 24.0 Å². The molecule has 0 saturated carbocycles. The molecule has 0 saturated heterocycles. The van der Waals surface area contributed by atoms with Gasteiger partial charge >= 0.3 is 11.9 Å². The molecule has 2 atom stereocenters. The Morgan fingerprint density at radius 2 is 1.00 bits per heavy atom. The fraction of sp³-hybridized carbons (Fsp3) is 0.844. The molecule has 0 aromatic rings. The number of unbranched alkanes of at least 4 members (excludes halogenated alkanes) is 16. The van der Waals surface area contributed by atoms with Gasteiger partial charge in [-0.25, -0.2) is 0 Å². The maximum atomic E-state index is 12.5. The first-order valence-corrected chi connectivity index (χ1v) is 17.4. The standard InChI is InChI=1S/C32H60N4O7S/c33-31(42)27(25-44)36-32(43)26(21-22-30(40)41)34-23-17-18-24-35-28(37)19-15-13-11-9-7-5-3-1-2-4-6-8-10-12-14-16-20-29(38)39/h26-27,34,44H,1-25H2,(H2,33,42)(H,35,37)(H,36,43)(H,38,39)(H,40,41). The molecular weight excluding hydrogens is 584 g/mol. The Hall–Kier alpha value is -2.34. The zero-order valence-electron chi connectivity index (χ0n) is 26.8. The highest BCUT2D eigenvalue weighted by Gasteiger charge is 2.23. The van der Waals surface area contributed by atoms with Crippen molar-refractivity contribution in [3.8, 4) is 0 Å². The lowest BCUT2D eigenvalue weighted by Gasteiger charge is -2.20. The van der Waals surface area contributed by atoms with Crippen molar-refractivity contribution in [3.63, 3.8) is 0 Å². The van der Waals surface area contributed by atoms with Gasteiger partial charge in [-0.1, -0.05) is 89.9 Å². The van der Waals surface area contributed by atoms with E-state index in [2.05, 4.69) is 28.6 Å². The first kappa shape index (κ1) is 41.7. The predicted octanol–water partition coefficient (Wildman–Crippen LogP) is 4.71. The van der Waals surface area contributed by atoms with E-state index >= 15 is 0 Å². The molecule has 0 rings (SSSR count). The molecular formula is C32H60N4O7S. The highest BCUT2D eigenvalue weighted by molar-refractivity contribution is 7.80. The van der Waals surface area contributed by atoms with Gasteiger partial charge in [-0.2, -0.15) is 12.6 Å². The third-order valence-electron chi connectivity index (χ3n) is 7.67. The minimum Gasteiger partial charge on any atom is -0.481 e. The van der Waals surface area contributed by atoms with Gasteiger partial charge in [0.25, 0.3) is 0 Å². The number of aliphatic carboxylic acids is 2. The molecule has 0 aliphatic rings. The highest BCUT2D eigenvalue weighted by Crippen LogP contribution is 2.14. The number of carboxylic acid groups (broad SMARTS) is 2. The Labute approximate surface area is 270 Å². The summed E-state index contributed by atoms with van der Waals surface area (Å²) in [6, 6.07) is -1.69. The molecule has 0 aliphatic heterocycles. The first-order chi connectivity index (χ1) is 21.2. The largest absolute Gasteiger partial charge is 0.481 e. The molecule has 44 heavy (non-hydrogen) atoms. The van der Waals surface area contributed by atoms with E-state index in [1.165, 1.54) is 64.2 Å². The summed E-state index contributed by atoms with van der Waals surface area (Å²) in [7, 11) is 0. The van der Waals surface area contributed by atoms with E-state index < -0.39 is 35.8 Å². The summed E-state index contributed by atoms with van der Waals surface area (Å²) in [4.78, 5) is 57.3. The van der Waals surface area contributed by atoms with Crippen LogP contribution in [0, 0.1) is 0 Å². The van der Waals surface area contributed by atoms with Crippen molar-refractivity contribution < 1.29 is 34.2 Å². The van der Waals surface area contributed by atoms with Crippen molar-refractivity contribution in [2.75, 3.05) is 18.8 Å². The second-order valence-electron chi connectivity index (χ2n) is 11.7. The van der Waals surface area contributed by atoms with Crippen LogP contribution in [0.5, 0.6) is 0 Å². The van der Waals surface area contributed by atoms with Crippen molar-refractivity contribution >= 4 is 42.3 Å². The zero-order chi connectivity index (χ0) is 32.8. The number of amides is 3. The van der Waals surface area contributed by atoms with Crippen LogP contribution in [0.25, 0.3) is 0 Å². The molecule has 3 amide bonds. The molecule has 0 aromatic carbocycles. The Bertz CT molecular complexity index is 801. The summed E-state index contributed by atoms with van der Waals surface area (Å²) >= 11 is 4.01. The lowest BCUT2D eigenvalue weighted by atomic mass is 10.0. The van der Waals surface area contributed by atoms with Crippen molar-refractivity contribution in [2.24, 2.45) is 5.73 Å². The number of rotatable bonds is 32. The van der Waals surface area contributed by atoms with Gasteiger partial charge in [0, 0.05) is 31.6 Å². The lowest BCUT2D eigenvalue weighted by molar-refractivity contribution is -0.138. The smallest absolute Gasteiger partial charge is 0.303 e.